The number of rotatable bonds is 3. The van der Waals surface area contributed by atoms with Crippen LogP contribution in [0.25, 0.3) is 0 Å². The summed E-state index contributed by atoms with van der Waals surface area (Å²) >= 11 is 0. The Morgan fingerprint density at radius 1 is 0.944 bits per heavy atom. The van der Waals surface area contributed by atoms with Crippen LogP contribution in [0.5, 0.6) is 5.75 Å². The van der Waals surface area contributed by atoms with Gasteiger partial charge in [0.1, 0.15) is 5.75 Å². The highest BCUT2D eigenvalue weighted by molar-refractivity contribution is 5.47. The Kier molecular flexibility index (Phi) is 3.39. The van der Waals surface area contributed by atoms with Crippen molar-refractivity contribution in [1.29, 1.82) is 0 Å². The van der Waals surface area contributed by atoms with E-state index in [9.17, 15) is 0 Å². The van der Waals surface area contributed by atoms with Crippen LogP contribution in [0.2, 0.25) is 0 Å². The molecule has 0 spiro atoms. The van der Waals surface area contributed by atoms with E-state index in [-0.39, 0.29) is 0 Å². The molecule has 1 unspecified atom stereocenters. The van der Waals surface area contributed by atoms with Crippen molar-refractivity contribution < 1.29 is 4.74 Å². The first kappa shape index (κ1) is 12.3. The Hall–Kier alpha value is -2.20. The molecule has 0 amide bonds. The van der Waals surface area contributed by atoms with Gasteiger partial charge in [0.05, 0.1) is 12.5 Å². The van der Waals surface area contributed by atoms with Gasteiger partial charge in [0, 0.05) is 0 Å². The standard InChI is InChI=1S/C17H16O/c1-4-17(2,14-8-6-5-7-9-14)15-10-12-16(18-3)13-11-15/h1,5-13H,2-3H3. The maximum atomic E-state index is 5.76. The first-order valence-corrected chi connectivity index (χ1v) is 5.88. The van der Waals surface area contributed by atoms with E-state index in [0.29, 0.717) is 0 Å². The molecule has 0 aliphatic heterocycles. The average molecular weight is 236 g/mol. The minimum Gasteiger partial charge on any atom is -0.497 e. The molecule has 0 radical (unpaired) electrons. The van der Waals surface area contributed by atoms with Gasteiger partial charge in [-0.05, 0) is 30.2 Å². The topological polar surface area (TPSA) is 9.23 Å². The summed E-state index contributed by atoms with van der Waals surface area (Å²) in [6.45, 7) is 2.06. The van der Waals surface area contributed by atoms with Gasteiger partial charge in [0.15, 0.2) is 0 Å². The maximum absolute atomic E-state index is 5.76. The molecule has 0 saturated heterocycles. The van der Waals surface area contributed by atoms with Crippen molar-refractivity contribution in [3.05, 3.63) is 65.7 Å². The van der Waals surface area contributed by atoms with Gasteiger partial charge >= 0.3 is 0 Å². The van der Waals surface area contributed by atoms with Gasteiger partial charge in [-0.25, -0.2) is 0 Å². The van der Waals surface area contributed by atoms with Crippen LogP contribution in [0, 0.1) is 12.3 Å². The summed E-state index contributed by atoms with van der Waals surface area (Å²) in [6, 6.07) is 18.0. The molecule has 0 fully saturated rings. The molecule has 90 valence electrons. The molecule has 2 aromatic carbocycles. The molecule has 0 aliphatic rings. The third-order valence-electron chi connectivity index (χ3n) is 3.31. The van der Waals surface area contributed by atoms with E-state index in [1.807, 2.05) is 42.5 Å². The fourth-order valence-electron chi connectivity index (χ4n) is 2.03. The van der Waals surface area contributed by atoms with Gasteiger partial charge in [-0.3, -0.25) is 0 Å². The van der Waals surface area contributed by atoms with E-state index < -0.39 is 5.41 Å². The van der Waals surface area contributed by atoms with E-state index in [0.717, 1.165) is 16.9 Å². The molecule has 0 aliphatic carbocycles. The lowest BCUT2D eigenvalue weighted by Crippen LogP contribution is -2.20. The minimum absolute atomic E-state index is 0.409. The summed E-state index contributed by atoms with van der Waals surface area (Å²) in [6.07, 6.45) is 5.76. The van der Waals surface area contributed by atoms with Gasteiger partial charge in [-0.2, -0.15) is 0 Å². The molecule has 1 nitrogen and oxygen atoms in total. The molecule has 0 heterocycles. The predicted molar refractivity (Wildman–Crippen MR) is 74.7 cm³/mol. The molecule has 18 heavy (non-hydrogen) atoms. The lowest BCUT2D eigenvalue weighted by atomic mass is 9.77. The van der Waals surface area contributed by atoms with Crippen molar-refractivity contribution in [1.82, 2.24) is 0 Å². The number of ether oxygens (including phenoxy) is 1. The summed E-state index contributed by atoms with van der Waals surface area (Å²) in [5.74, 6) is 3.75. The van der Waals surface area contributed by atoms with Crippen molar-refractivity contribution in [2.24, 2.45) is 0 Å². The second kappa shape index (κ2) is 4.98. The normalized spacial score (nSPS) is 13.4. The largest absolute Gasteiger partial charge is 0.497 e. The fraction of sp³-hybridized carbons (Fsp3) is 0.176. The molecular weight excluding hydrogens is 220 g/mol. The van der Waals surface area contributed by atoms with Gasteiger partial charge in [0.25, 0.3) is 0 Å². The van der Waals surface area contributed by atoms with E-state index in [1.54, 1.807) is 7.11 Å². The Morgan fingerprint density at radius 2 is 1.50 bits per heavy atom. The second-order valence-electron chi connectivity index (χ2n) is 4.36. The van der Waals surface area contributed by atoms with Crippen molar-refractivity contribution in [3.63, 3.8) is 0 Å². The van der Waals surface area contributed by atoms with Crippen LogP contribution in [0.3, 0.4) is 0 Å². The number of terminal acetylenes is 1. The van der Waals surface area contributed by atoms with Gasteiger partial charge in [-0.15, -0.1) is 6.42 Å². The SMILES string of the molecule is C#CC(C)(c1ccccc1)c1ccc(OC)cc1. The smallest absolute Gasteiger partial charge is 0.118 e. The van der Waals surface area contributed by atoms with E-state index in [2.05, 4.69) is 25.0 Å². The monoisotopic (exact) mass is 236 g/mol. The van der Waals surface area contributed by atoms with Gasteiger partial charge in [-0.1, -0.05) is 48.4 Å². The quantitative estimate of drug-likeness (QED) is 0.739. The van der Waals surface area contributed by atoms with Crippen molar-refractivity contribution in [2.75, 3.05) is 7.11 Å². The number of methoxy groups -OCH3 is 1. The van der Waals surface area contributed by atoms with Gasteiger partial charge in [0.2, 0.25) is 0 Å². The maximum Gasteiger partial charge on any atom is 0.118 e. The fourth-order valence-corrected chi connectivity index (χ4v) is 2.03. The van der Waals surface area contributed by atoms with Crippen molar-refractivity contribution in [3.8, 4) is 18.1 Å². The number of hydrogen-bond acceptors (Lipinski definition) is 1. The summed E-state index contributed by atoms with van der Waals surface area (Å²) in [5, 5.41) is 0. The highest BCUT2D eigenvalue weighted by atomic mass is 16.5. The predicted octanol–water partition coefficient (Wildman–Crippen LogP) is 3.63. The van der Waals surface area contributed by atoms with Crippen LogP contribution in [0.15, 0.2) is 54.6 Å². The van der Waals surface area contributed by atoms with Crippen molar-refractivity contribution in [2.45, 2.75) is 12.3 Å². The van der Waals surface area contributed by atoms with E-state index >= 15 is 0 Å². The molecule has 0 bridgehead atoms. The van der Waals surface area contributed by atoms with Crippen LogP contribution in [-0.4, -0.2) is 7.11 Å². The van der Waals surface area contributed by atoms with Crippen LogP contribution in [0.1, 0.15) is 18.1 Å². The molecule has 2 rings (SSSR count). The highest BCUT2D eigenvalue weighted by Gasteiger charge is 2.25. The lowest BCUT2D eigenvalue weighted by Gasteiger charge is -2.25. The summed E-state index contributed by atoms with van der Waals surface area (Å²) in [5.41, 5.74) is 1.81. The Balaban J connectivity index is 2.47. The third-order valence-corrected chi connectivity index (χ3v) is 3.31. The molecule has 0 aromatic heterocycles. The molecule has 1 atom stereocenters. The minimum atomic E-state index is -0.409. The molecule has 2 aromatic rings. The third kappa shape index (κ3) is 2.10. The Bertz CT molecular complexity index is 548. The zero-order chi connectivity index (χ0) is 13.0. The molecular formula is C17H16O. The molecule has 1 heteroatoms. The van der Waals surface area contributed by atoms with E-state index in [4.69, 9.17) is 11.2 Å². The lowest BCUT2D eigenvalue weighted by molar-refractivity contribution is 0.414. The zero-order valence-electron chi connectivity index (χ0n) is 10.7. The zero-order valence-corrected chi connectivity index (χ0v) is 10.7. The Morgan fingerprint density at radius 3 is 2.00 bits per heavy atom. The molecule has 0 saturated carbocycles. The summed E-state index contributed by atoms with van der Waals surface area (Å²) in [7, 11) is 1.66. The van der Waals surface area contributed by atoms with Crippen molar-refractivity contribution >= 4 is 0 Å². The van der Waals surface area contributed by atoms with E-state index in [1.165, 1.54) is 0 Å². The first-order chi connectivity index (χ1) is 8.70. The van der Waals surface area contributed by atoms with Crippen LogP contribution >= 0.6 is 0 Å². The first-order valence-electron chi connectivity index (χ1n) is 5.88. The second-order valence-corrected chi connectivity index (χ2v) is 4.36. The number of hydrogen-bond donors (Lipinski definition) is 0. The summed E-state index contributed by atoms with van der Waals surface area (Å²) < 4.78 is 5.17. The van der Waals surface area contributed by atoms with Crippen LogP contribution in [0.4, 0.5) is 0 Å². The molecule has 0 N–H and O–H groups in total. The average Bonchev–Trinajstić information content (AvgIpc) is 2.47. The number of benzene rings is 2. The highest BCUT2D eigenvalue weighted by Crippen LogP contribution is 2.32. The van der Waals surface area contributed by atoms with Crippen LogP contribution in [-0.2, 0) is 5.41 Å². The van der Waals surface area contributed by atoms with Crippen LogP contribution < -0.4 is 4.74 Å². The summed E-state index contributed by atoms with van der Waals surface area (Å²) in [4.78, 5) is 0. The Labute approximate surface area is 108 Å². The van der Waals surface area contributed by atoms with Gasteiger partial charge < -0.3 is 4.74 Å².